The number of hydrogen-bond acceptors (Lipinski definition) is 2. The van der Waals surface area contributed by atoms with Gasteiger partial charge in [0.25, 0.3) is 0 Å². The van der Waals surface area contributed by atoms with Gasteiger partial charge in [0.1, 0.15) is 5.75 Å². The van der Waals surface area contributed by atoms with Crippen molar-refractivity contribution in [2.75, 3.05) is 19.1 Å². The van der Waals surface area contributed by atoms with E-state index in [1.807, 2.05) is 0 Å². The van der Waals surface area contributed by atoms with Crippen molar-refractivity contribution in [2.45, 2.75) is 0 Å². The molecule has 0 aromatic heterocycles. The molecule has 3 nitrogen and oxygen atoms in total. The van der Waals surface area contributed by atoms with Crippen LogP contribution in [0.15, 0.2) is 18.2 Å². The molecule has 1 rings (SSSR count). The van der Waals surface area contributed by atoms with Gasteiger partial charge in [-0.3, -0.25) is 4.79 Å². The first-order valence-electron chi connectivity index (χ1n) is 3.70. The van der Waals surface area contributed by atoms with Crippen molar-refractivity contribution in [1.82, 2.24) is 0 Å². The maximum atomic E-state index is 10.4. The zero-order valence-electron chi connectivity index (χ0n) is 7.45. The molecular formula is C9H10ClNO2. The number of carbonyl (C=O) groups excluding carboxylic acids is 1. The van der Waals surface area contributed by atoms with Crippen LogP contribution in [0.2, 0.25) is 5.02 Å². The van der Waals surface area contributed by atoms with Crippen LogP contribution >= 0.6 is 11.6 Å². The van der Waals surface area contributed by atoms with E-state index in [2.05, 4.69) is 0 Å². The maximum absolute atomic E-state index is 10.4. The molecule has 0 bridgehead atoms. The largest absolute Gasteiger partial charge is 0.495 e. The summed E-state index contributed by atoms with van der Waals surface area (Å²) in [5.41, 5.74) is 0.737. The summed E-state index contributed by atoms with van der Waals surface area (Å²) >= 11 is 5.86. The Bertz CT molecular complexity index is 314. The van der Waals surface area contributed by atoms with Crippen molar-refractivity contribution in [3.8, 4) is 5.75 Å². The van der Waals surface area contributed by atoms with E-state index in [1.165, 1.54) is 4.90 Å². The van der Waals surface area contributed by atoms with Crippen LogP contribution in [0.1, 0.15) is 0 Å². The van der Waals surface area contributed by atoms with E-state index in [-0.39, 0.29) is 0 Å². The summed E-state index contributed by atoms with van der Waals surface area (Å²) in [6.07, 6.45) is 0.720. The van der Waals surface area contributed by atoms with Gasteiger partial charge in [-0.15, -0.1) is 0 Å². The molecule has 1 aromatic carbocycles. The summed E-state index contributed by atoms with van der Waals surface area (Å²) < 4.78 is 4.97. The Morgan fingerprint density at radius 3 is 2.69 bits per heavy atom. The zero-order chi connectivity index (χ0) is 9.84. The summed E-state index contributed by atoms with van der Waals surface area (Å²) in [6, 6.07) is 5.16. The molecule has 0 aliphatic rings. The van der Waals surface area contributed by atoms with E-state index >= 15 is 0 Å². The summed E-state index contributed by atoms with van der Waals surface area (Å²) in [6.45, 7) is 0. The second kappa shape index (κ2) is 4.14. The minimum Gasteiger partial charge on any atom is -0.495 e. The van der Waals surface area contributed by atoms with Gasteiger partial charge in [0.05, 0.1) is 12.1 Å². The average Bonchev–Trinajstić information content (AvgIpc) is 2.16. The molecule has 0 saturated carbocycles. The molecule has 0 spiro atoms. The molecule has 1 amide bonds. The number of ether oxygens (including phenoxy) is 1. The maximum Gasteiger partial charge on any atom is 0.213 e. The number of hydrogen-bond donors (Lipinski definition) is 0. The van der Waals surface area contributed by atoms with E-state index in [4.69, 9.17) is 16.3 Å². The van der Waals surface area contributed by atoms with E-state index < -0.39 is 0 Å². The van der Waals surface area contributed by atoms with Gasteiger partial charge in [-0.2, -0.15) is 0 Å². The Balaban J connectivity index is 3.02. The number of methoxy groups -OCH3 is 1. The molecule has 0 saturated heterocycles. The van der Waals surface area contributed by atoms with Crippen molar-refractivity contribution in [3.63, 3.8) is 0 Å². The van der Waals surface area contributed by atoms with Crippen LogP contribution in [0.25, 0.3) is 0 Å². The summed E-state index contributed by atoms with van der Waals surface area (Å²) in [7, 11) is 3.20. The van der Waals surface area contributed by atoms with Crippen LogP contribution in [0.3, 0.4) is 0 Å². The molecule has 0 aliphatic carbocycles. The summed E-state index contributed by atoms with van der Waals surface area (Å²) in [5.74, 6) is 0.602. The fourth-order valence-electron chi connectivity index (χ4n) is 0.936. The SMILES string of the molecule is COc1ccc(N(C)C=O)cc1Cl. The van der Waals surface area contributed by atoms with Crippen LogP contribution in [-0.4, -0.2) is 20.6 Å². The second-order valence-electron chi connectivity index (χ2n) is 2.54. The highest BCUT2D eigenvalue weighted by Gasteiger charge is 2.03. The van der Waals surface area contributed by atoms with Crippen LogP contribution < -0.4 is 9.64 Å². The molecule has 1 aromatic rings. The third-order valence-electron chi connectivity index (χ3n) is 1.70. The van der Waals surface area contributed by atoms with E-state index in [9.17, 15) is 4.79 Å². The first-order chi connectivity index (χ1) is 6.19. The first-order valence-corrected chi connectivity index (χ1v) is 4.08. The molecule has 0 N–H and O–H groups in total. The Morgan fingerprint density at radius 1 is 1.54 bits per heavy atom. The minimum atomic E-state index is 0.494. The molecule has 0 unspecified atom stereocenters. The van der Waals surface area contributed by atoms with Gasteiger partial charge >= 0.3 is 0 Å². The number of benzene rings is 1. The summed E-state index contributed by atoms with van der Waals surface area (Å²) in [5, 5.41) is 0.494. The van der Waals surface area contributed by atoms with Crippen molar-refractivity contribution in [2.24, 2.45) is 0 Å². The lowest BCUT2D eigenvalue weighted by Gasteiger charge is -2.11. The fraction of sp³-hybridized carbons (Fsp3) is 0.222. The Morgan fingerprint density at radius 2 is 2.23 bits per heavy atom. The van der Waals surface area contributed by atoms with E-state index in [0.717, 1.165) is 12.1 Å². The number of amides is 1. The Kier molecular flexibility index (Phi) is 3.14. The van der Waals surface area contributed by atoms with Gasteiger partial charge in [-0.1, -0.05) is 11.6 Å². The molecular weight excluding hydrogens is 190 g/mol. The molecule has 70 valence electrons. The van der Waals surface area contributed by atoms with Crippen LogP contribution in [-0.2, 0) is 4.79 Å². The highest BCUT2D eigenvalue weighted by atomic mass is 35.5. The topological polar surface area (TPSA) is 29.5 Å². The molecule has 0 fully saturated rings. The third kappa shape index (κ3) is 2.12. The normalized spacial score (nSPS) is 9.46. The van der Waals surface area contributed by atoms with Gasteiger partial charge in [-0.05, 0) is 18.2 Å². The van der Waals surface area contributed by atoms with E-state index in [0.29, 0.717) is 10.8 Å². The monoisotopic (exact) mass is 199 g/mol. The smallest absolute Gasteiger partial charge is 0.213 e. The van der Waals surface area contributed by atoms with Crippen molar-refractivity contribution in [1.29, 1.82) is 0 Å². The van der Waals surface area contributed by atoms with Gasteiger partial charge in [0.15, 0.2) is 0 Å². The lowest BCUT2D eigenvalue weighted by molar-refractivity contribution is -0.107. The second-order valence-corrected chi connectivity index (χ2v) is 2.94. The third-order valence-corrected chi connectivity index (χ3v) is 2.00. The quantitative estimate of drug-likeness (QED) is 0.697. The standard InChI is InChI=1S/C9H10ClNO2/c1-11(6-12)7-3-4-9(13-2)8(10)5-7/h3-6H,1-2H3. The lowest BCUT2D eigenvalue weighted by atomic mass is 10.3. The number of anilines is 1. The molecule has 0 aliphatic heterocycles. The molecule has 0 heterocycles. The predicted octanol–water partition coefficient (Wildman–Crippen LogP) is 1.94. The molecule has 4 heteroatoms. The predicted molar refractivity (Wildman–Crippen MR) is 52.5 cm³/mol. The number of carbonyl (C=O) groups is 1. The zero-order valence-corrected chi connectivity index (χ0v) is 8.21. The number of rotatable bonds is 3. The van der Waals surface area contributed by atoms with Crippen LogP contribution in [0.4, 0.5) is 5.69 Å². The van der Waals surface area contributed by atoms with Gasteiger partial charge in [-0.25, -0.2) is 0 Å². The molecule has 0 radical (unpaired) electrons. The highest BCUT2D eigenvalue weighted by Crippen LogP contribution is 2.28. The first kappa shape index (κ1) is 9.86. The number of halogens is 1. The van der Waals surface area contributed by atoms with Gasteiger partial charge in [0, 0.05) is 12.7 Å². The summed E-state index contributed by atoms with van der Waals surface area (Å²) in [4.78, 5) is 11.9. The Hall–Kier alpha value is -1.22. The Labute approximate surface area is 81.9 Å². The fourth-order valence-corrected chi connectivity index (χ4v) is 1.19. The van der Waals surface area contributed by atoms with Crippen LogP contribution in [0.5, 0.6) is 5.75 Å². The van der Waals surface area contributed by atoms with Crippen molar-refractivity contribution < 1.29 is 9.53 Å². The van der Waals surface area contributed by atoms with Crippen LogP contribution in [0, 0.1) is 0 Å². The minimum absolute atomic E-state index is 0.494. The van der Waals surface area contributed by atoms with Crippen molar-refractivity contribution in [3.05, 3.63) is 23.2 Å². The molecule has 13 heavy (non-hydrogen) atoms. The van der Waals surface area contributed by atoms with Gasteiger partial charge in [0.2, 0.25) is 6.41 Å². The van der Waals surface area contributed by atoms with E-state index in [1.54, 1.807) is 32.4 Å². The lowest BCUT2D eigenvalue weighted by Crippen LogP contribution is -2.13. The van der Waals surface area contributed by atoms with Gasteiger partial charge < -0.3 is 9.64 Å². The number of nitrogens with zero attached hydrogens (tertiary/aromatic N) is 1. The highest BCUT2D eigenvalue weighted by molar-refractivity contribution is 6.32. The molecule has 0 atom stereocenters. The average molecular weight is 200 g/mol. The van der Waals surface area contributed by atoms with Crippen molar-refractivity contribution >= 4 is 23.7 Å².